The molecule has 0 saturated heterocycles. The molecule has 2 aromatic carbocycles. The van der Waals surface area contributed by atoms with Crippen LogP contribution in [0.5, 0.6) is 5.75 Å². The van der Waals surface area contributed by atoms with Gasteiger partial charge in [0.2, 0.25) is 0 Å². The van der Waals surface area contributed by atoms with Gasteiger partial charge in [-0.15, -0.1) is 0 Å². The Kier molecular flexibility index (Phi) is 5.59. The van der Waals surface area contributed by atoms with E-state index >= 15 is 0 Å². The molecule has 1 N–H and O–H groups in total. The summed E-state index contributed by atoms with van der Waals surface area (Å²) >= 11 is 6.04. The minimum atomic E-state index is -0.147. The highest BCUT2D eigenvalue weighted by Gasteiger charge is 2.12. The Labute approximate surface area is 157 Å². The Bertz CT molecular complexity index is 984. The molecule has 0 amide bonds. The van der Waals surface area contributed by atoms with Gasteiger partial charge in [-0.3, -0.25) is 9.69 Å². The molecule has 0 spiro atoms. The maximum atomic E-state index is 12.3. The van der Waals surface area contributed by atoms with E-state index in [9.17, 15) is 4.79 Å². The topological polar surface area (TPSA) is 58.2 Å². The molecular weight excluding hydrogens is 350 g/mol. The SMILES string of the molecule is CCN(Cc1nc2cc(Cl)ccc2c(=O)[nH]1)Cc1cc(C)ccc1OC. The summed E-state index contributed by atoms with van der Waals surface area (Å²) in [5, 5.41) is 1.11. The number of nitrogens with one attached hydrogen (secondary N) is 1. The van der Waals surface area contributed by atoms with Crippen molar-refractivity contribution in [1.29, 1.82) is 0 Å². The number of hydrogen-bond donors (Lipinski definition) is 1. The summed E-state index contributed by atoms with van der Waals surface area (Å²) in [6.07, 6.45) is 0. The minimum absolute atomic E-state index is 0.147. The highest BCUT2D eigenvalue weighted by atomic mass is 35.5. The Balaban J connectivity index is 1.88. The Hall–Kier alpha value is -2.37. The minimum Gasteiger partial charge on any atom is -0.496 e. The molecule has 0 aliphatic rings. The second kappa shape index (κ2) is 7.89. The van der Waals surface area contributed by atoms with Crippen molar-refractivity contribution in [3.05, 3.63) is 68.7 Å². The van der Waals surface area contributed by atoms with Gasteiger partial charge in [0, 0.05) is 17.1 Å². The molecule has 0 atom stereocenters. The zero-order valence-electron chi connectivity index (χ0n) is 15.2. The normalized spacial score (nSPS) is 11.3. The van der Waals surface area contributed by atoms with Crippen molar-refractivity contribution in [2.24, 2.45) is 0 Å². The first kappa shape index (κ1) is 18.4. The third-order valence-electron chi connectivity index (χ3n) is 4.37. The predicted molar refractivity (Wildman–Crippen MR) is 105 cm³/mol. The van der Waals surface area contributed by atoms with Crippen LogP contribution < -0.4 is 10.3 Å². The van der Waals surface area contributed by atoms with Crippen LogP contribution in [0, 0.1) is 6.92 Å². The maximum absolute atomic E-state index is 12.3. The van der Waals surface area contributed by atoms with Crippen LogP contribution >= 0.6 is 11.6 Å². The van der Waals surface area contributed by atoms with E-state index in [1.807, 2.05) is 12.1 Å². The molecule has 0 aliphatic heterocycles. The first-order valence-corrected chi connectivity index (χ1v) is 8.92. The lowest BCUT2D eigenvalue weighted by Crippen LogP contribution is -2.25. The summed E-state index contributed by atoms with van der Waals surface area (Å²) in [6, 6.07) is 11.3. The largest absolute Gasteiger partial charge is 0.496 e. The van der Waals surface area contributed by atoms with Crippen LogP contribution in [0.2, 0.25) is 5.02 Å². The average molecular weight is 372 g/mol. The zero-order chi connectivity index (χ0) is 18.7. The molecule has 1 heterocycles. The first-order valence-electron chi connectivity index (χ1n) is 8.54. The van der Waals surface area contributed by atoms with Gasteiger partial charge in [0.25, 0.3) is 5.56 Å². The highest BCUT2D eigenvalue weighted by molar-refractivity contribution is 6.31. The Morgan fingerprint density at radius 3 is 2.73 bits per heavy atom. The van der Waals surface area contributed by atoms with Crippen LogP contribution in [-0.4, -0.2) is 28.5 Å². The molecule has 6 heteroatoms. The number of rotatable bonds is 6. The lowest BCUT2D eigenvalue weighted by molar-refractivity contribution is 0.260. The number of methoxy groups -OCH3 is 1. The molecule has 0 saturated carbocycles. The molecule has 0 radical (unpaired) electrons. The fraction of sp³-hybridized carbons (Fsp3) is 0.300. The zero-order valence-corrected chi connectivity index (χ0v) is 15.9. The van der Waals surface area contributed by atoms with Crippen molar-refractivity contribution >= 4 is 22.5 Å². The first-order chi connectivity index (χ1) is 12.5. The van der Waals surface area contributed by atoms with Gasteiger partial charge in [-0.1, -0.05) is 36.2 Å². The third-order valence-corrected chi connectivity index (χ3v) is 4.60. The van der Waals surface area contributed by atoms with E-state index in [1.54, 1.807) is 25.3 Å². The number of halogens is 1. The van der Waals surface area contributed by atoms with Gasteiger partial charge in [0.15, 0.2) is 0 Å². The van der Waals surface area contributed by atoms with Crippen molar-refractivity contribution in [3.63, 3.8) is 0 Å². The predicted octanol–water partition coefficient (Wildman–Crippen LogP) is 3.92. The number of H-pyrrole nitrogens is 1. The Morgan fingerprint density at radius 1 is 1.19 bits per heavy atom. The summed E-state index contributed by atoms with van der Waals surface area (Å²) in [6.45, 7) is 6.20. The number of hydrogen-bond acceptors (Lipinski definition) is 4. The monoisotopic (exact) mass is 371 g/mol. The third kappa shape index (κ3) is 4.06. The lowest BCUT2D eigenvalue weighted by Gasteiger charge is -2.21. The molecule has 136 valence electrons. The quantitative estimate of drug-likeness (QED) is 0.713. The van der Waals surface area contributed by atoms with Crippen LogP contribution in [0.4, 0.5) is 0 Å². The molecule has 0 aliphatic carbocycles. The molecule has 0 fully saturated rings. The van der Waals surface area contributed by atoms with Gasteiger partial charge < -0.3 is 9.72 Å². The van der Waals surface area contributed by atoms with Crippen molar-refractivity contribution in [3.8, 4) is 5.75 Å². The molecule has 3 aromatic rings. The van der Waals surface area contributed by atoms with E-state index in [1.165, 1.54) is 5.56 Å². The van der Waals surface area contributed by atoms with Gasteiger partial charge in [-0.2, -0.15) is 0 Å². The van der Waals surface area contributed by atoms with Gasteiger partial charge >= 0.3 is 0 Å². The molecule has 0 unspecified atom stereocenters. The van der Waals surface area contributed by atoms with Crippen molar-refractivity contribution in [2.75, 3.05) is 13.7 Å². The molecule has 1 aromatic heterocycles. The number of nitrogens with zero attached hydrogens (tertiary/aromatic N) is 2. The number of benzene rings is 2. The molecular formula is C20H22ClN3O2. The highest BCUT2D eigenvalue weighted by Crippen LogP contribution is 2.22. The Morgan fingerprint density at radius 2 is 2.00 bits per heavy atom. The molecule has 3 rings (SSSR count). The lowest BCUT2D eigenvalue weighted by atomic mass is 10.1. The summed E-state index contributed by atoms with van der Waals surface area (Å²) in [5.74, 6) is 1.49. The van der Waals surface area contributed by atoms with Crippen LogP contribution in [-0.2, 0) is 13.1 Å². The van der Waals surface area contributed by atoms with E-state index in [0.717, 1.165) is 17.9 Å². The van der Waals surface area contributed by atoms with Gasteiger partial charge in [-0.25, -0.2) is 4.98 Å². The smallest absolute Gasteiger partial charge is 0.258 e. The summed E-state index contributed by atoms with van der Waals surface area (Å²) in [4.78, 5) is 22.0. The van der Waals surface area contributed by atoms with Crippen LogP contribution in [0.3, 0.4) is 0 Å². The summed E-state index contributed by atoms with van der Waals surface area (Å²) < 4.78 is 5.47. The summed E-state index contributed by atoms with van der Waals surface area (Å²) in [5.41, 5.74) is 2.76. The van der Waals surface area contributed by atoms with E-state index in [4.69, 9.17) is 16.3 Å². The fourth-order valence-electron chi connectivity index (χ4n) is 3.00. The van der Waals surface area contributed by atoms with Crippen molar-refractivity contribution < 1.29 is 4.74 Å². The number of aromatic nitrogens is 2. The average Bonchev–Trinajstić information content (AvgIpc) is 2.61. The second-order valence-electron chi connectivity index (χ2n) is 6.29. The van der Waals surface area contributed by atoms with E-state index in [2.05, 4.69) is 34.8 Å². The van der Waals surface area contributed by atoms with Crippen LogP contribution in [0.1, 0.15) is 23.9 Å². The van der Waals surface area contributed by atoms with Gasteiger partial charge in [0.05, 0.1) is 24.6 Å². The molecule has 0 bridgehead atoms. The number of aryl methyl sites for hydroxylation is 1. The fourth-order valence-corrected chi connectivity index (χ4v) is 3.17. The van der Waals surface area contributed by atoms with Gasteiger partial charge in [-0.05, 0) is 37.7 Å². The molecule has 26 heavy (non-hydrogen) atoms. The second-order valence-corrected chi connectivity index (χ2v) is 6.73. The maximum Gasteiger partial charge on any atom is 0.258 e. The van der Waals surface area contributed by atoms with Crippen LogP contribution in [0.15, 0.2) is 41.2 Å². The summed E-state index contributed by atoms with van der Waals surface area (Å²) in [7, 11) is 1.68. The van der Waals surface area contributed by atoms with Gasteiger partial charge in [0.1, 0.15) is 11.6 Å². The molecule has 5 nitrogen and oxygen atoms in total. The number of aromatic amines is 1. The standard InChI is InChI=1S/C20H22ClN3O2/c1-4-24(11-14-9-13(2)5-8-18(14)26-3)12-19-22-17-10-15(21)6-7-16(17)20(25)23-19/h5-10H,4,11-12H2,1-3H3,(H,22,23,25). The van der Waals surface area contributed by atoms with Crippen molar-refractivity contribution in [1.82, 2.24) is 14.9 Å². The van der Waals surface area contributed by atoms with E-state index < -0.39 is 0 Å². The number of ether oxygens (including phenoxy) is 1. The van der Waals surface area contributed by atoms with E-state index in [0.29, 0.717) is 34.8 Å². The number of fused-ring (bicyclic) bond motifs is 1. The van der Waals surface area contributed by atoms with Crippen molar-refractivity contribution in [2.45, 2.75) is 26.9 Å². The van der Waals surface area contributed by atoms with E-state index in [-0.39, 0.29) is 5.56 Å². The van der Waals surface area contributed by atoms with Crippen LogP contribution in [0.25, 0.3) is 10.9 Å².